The highest BCUT2D eigenvalue weighted by Crippen LogP contribution is 2.64. The van der Waals surface area contributed by atoms with Gasteiger partial charge in [-0.2, -0.15) is 0 Å². The first kappa shape index (κ1) is 35.6. The van der Waals surface area contributed by atoms with Gasteiger partial charge in [0.05, 0.1) is 17.1 Å². The van der Waals surface area contributed by atoms with Crippen molar-refractivity contribution in [2.24, 2.45) is 11.3 Å². The molecule has 46 heavy (non-hydrogen) atoms. The molecule has 0 radical (unpaired) electrons. The van der Waals surface area contributed by atoms with Crippen molar-refractivity contribution in [1.82, 2.24) is 0 Å². The van der Waals surface area contributed by atoms with Crippen LogP contribution in [0.2, 0.25) is 0 Å². The van der Waals surface area contributed by atoms with E-state index in [9.17, 15) is 29.1 Å². The maximum absolute atomic E-state index is 13.2. The van der Waals surface area contributed by atoms with Gasteiger partial charge in [0.1, 0.15) is 30.5 Å². The van der Waals surface area contributed by atoms with Gasteiger partial charge < -0.3 is 33.5 Å². The number of epoxide rings is 1. The predicted octanol–water partition coefficient (Wildman–Crippen LogP) is 3.80. The fraction of sp³-hybridized carbons (Fsp3) is 0.735. The first-order valence-electron chi connectivity index (χ1n) is 16.2. The Balaban J connectivity index is 1.93. The van der Waals surface area contributed by atoms with E-state index in [4.69, 9.17) is 28.4 Å². The van der Waals surface area contributed by atoms with E-state index >= 15 is 0 Å². The number of hydrogen-bond acceptors (Lipinski definition) is 12. The number of aliphatic hydroxyl groups excluding tert-OH is 1. The number of hydrogen-bond donors (Lipinski definition) is 1. The quantitative estimate of drug-likeness (QED) is 0.120. The molecule has 2 fully saturated rings. The Bertz CT molecular complexity index is 1300. The molecule has 256 valence electrons. The SMILES string of the molecule is CCCCCCCC(=O)O[C@H]1/C(C)=C\[C@@H]2OC(=O)C(C)=C2[C@H](OC(C)=O)[C@H]2[C@@]3(C)O[C@H]3C[C@H](OC(C)=O)[C@]2(C)[C@@H](OC(C)=O)[C@@H]1O. The number of aliphatic hydroxyl groups is 1. The molecule has 0 aromatic heterocycles. The van der Waals surface area contributed by atoms with Crippen LogP contribution in [0.1, 0.15) is 100 Å². The molecule has 1 N–H and O–H groups in total. The molecule has 1 saturated heterocycles. The summed E-state index contributed by atoms with van der Waals surface area (Å²) in [6, 6.07) is 0. The average molecular weight is 649 g/mol. The number of fused-ring (bicyclic) bond motifs is 4. The molecule has 0 spiro atoms. The lowest BCUT2D eigenvalue weighted by atomic mass is 9.54. The predicted molar refractivity (Wildman–Crippen MR) is 162 cm³/mol. The van der Waals surface area contributed by atoms with Gasteiger partial charge in [-0.25, -0.2) is 4.79 Å². The lowest BCUT2D eigenvalue weighted by Crippen LogP contribution is -2.66. The molecule has 12 nitrogen and oxygen atoms in total. The van der Waals surface area contributed by atoms with E-state index in [1.807, 2.05) is 6.92 Å². The third-order valence-electron chi connectivity index (χ3n) is 10.0. The Kier molecular flexibility index (Phi) is 10.7. The third-order valence-corrected chi connectivity index (χ3v) is 10.0. The van der Waals surface area contributed by atoms with Crippen LogP contribution in [-0.4, -0.2) is 83.3 Å². The second kappa shape index (κ2) is 13.9. The molecule has 0 unspecified atom stereocenters. The van der Waals surface area contributed by atoms with Crippen molar-refractivity contribution in [3.05, 3.63) is 22.8 Å². The second-order valence-corrected chi connectivity index (χ2v) is 13.4. The van der Waals surface area contributed by atoms with Gasteiger partial charge in [0.25, 0.3) is 0 Å². The van der Waals surface area contributed by atoms with Crippen LogP contribution in [0.3, 0.4) is 0 Å². The molecule has 12 heteroatoms. The lowest BCUT2D eigenvalue weighted by molar-refractivity contribution is -0.223. The minimum atomic E-state index is -1.67. The van der Waals surface area contributed by atoms with Crippen molar-refractivity contribution in [2.45, 2.75) is 149 Å². The molecule has 2 aliphatic heterocycles. The van der Waals surface area contributed by atoms with Crippen molar-refractivity contribution >= 4 is 29.8 Å². The van der Waals surface area contributed by atoms with Crippen LogP contribution in [0.4, 0.5) is 0 Å². The van der Waals surface area contributed by atoms with Gasteiger partial charge >= 0.3 is 29.8 Å². The van der Waals surface area contributed by atoms with Gasteiger partial charge in [-0.1, -0.05) is 39.5 Å². The Morgan fingerprint density at radius 2 is 1.54 bits per heavy atom. The summed E-state index contributed by atoms with van der Waals surface area (Å²) in [4.78, 5) is 64.2. The molecule has 2 heterocycles. The molecule has 1 saturated carbocycles. The van der Waals surface area contributed by atoms with Crippen molar-refractivity contribution in [3.63, 3.8) is 0 Å². The summed E-state index contributed by atoms with van der Waals surface area (Å²) < 4.78 is 35.7. The molecular formula is C34H48O12. The smallest absolute Gasteiger partial charge is 0.334 e. The standard InChI is InChI=1S/C34H48O12/c1-9-10-11-12-13-14-25(38)45-28-17(2)15-22-26(18(3)32(40)44-22)29(42-20(5)36)30-33(7,31(27(28)39)43-21(6)37)23(41-19(4)35)16-24-34(30,8)46-24/h15,22-24,27-31,39H,9-14,16H2,1-8H3/b17-15-/t22-,23-,24-,27+,28-,29-,30+,31-,33-,34-/m0/s1. The number of unbranched alkanes of at least 4 members (excludes halogenated alkanes) is 4. The molecule has 0 bridgehead atoms. The van der Waals surface area contributed by atoms with Crippen LogP contribution in [0, 0.1) is 11.3 Å². The Hall–Kier alpha value is -3.25. The molecule has 10 atom stereocenters. The van der Waals surface area contributed by atoms with Gasteiger partial charge in [0.15, 0.2) is 6.10 Å². The highest BCUT2D eigenvalue weighted by Gasteiger charge is 2.75. The van der Waals surface area contributed by atoms with E-state index < -0.39 is 89.5 Å². The minimum Gasteiger partial charge on any atom is -0.462 e. The summed E-state index contributed by atoms with van der Waals surface area (Å²) in [5.74, 6) is -4.15. The molecule has 4 rings (SSSR count). The van der Waals surface area contributed by atoms with Crippen molar-refractivity contribution in [3.8, 4) is 0 Å². The third kappa shape index (κ3) is 6.88. The zero-order valence-electron chi connectivity index (χ0n) is 28.1. The van der Waals surface area contributed by atoms with E-state index in [2.05, 4.69) is 6.92 Å². The van der Waals surface area contributed by atoms with E-state index in [1.54, 1.807) is 26.8 Å². The summed E-state index contributed by atoms with van der Waals surface area (Å²) in [6.07, 6.45) is -1.75. The van der Waals surface area contributed by atoms with Crippen molar-refractivity contribution in [1.29, 1.82) is 0 Å². The van der Waals surface area contributed by atoms with E-state index in [-0.39, 0.29) is 18.4 Å². The van der Waals surface area contributed by atoms with E-state index in [0.717, 1.165) is 25.7 Å². The monoisotopic (exact) mass is 648 g/mol. The number of carbonyl (C=O) groups is 5. The minimum absolute atomic E-state index is 0.110. The topological polar surface area (TPSA) is 164 Å². The van der Waals surface area contributed by atoms with Gasteiger partial charge in [-0.3, -0.25) is 19.2 Å². The van der Waals surface area contributed by atoms with Crippen LogP contribution in [0.25, 0.3) is 0 Å². The number of rotatable bonds is 10. The molecule has 0 aromatic rings. The van der Waals surface area contributed by atoms with Crippen molar-refractivity contribution in [2.75, 3.05) is 0 Å². The zero-order chi connectivity index (χ0) is 34.1. The summed E-state index contributed by atoms with van der Waals surface area (Å²) in [5.41, 5.74) is -1.65. The normalized spacial score (nSPS) is 37.8. The molecular weight excluding hydrogens is 600 g/mol. The van der Waals surface area contributed by atoms with Crippen LogP contribution in [0.15, 0.2) is 22.8 Å². The molecule has 0 amide bonds. The van der Waals surface area contributed by atoms with Crippen LogP contribution in [0.5, 0.6) is 0 Å². The maximum atomic E-state index is 13.2. The second-order valence-electron chi connectivity index (χ2n) is 13.4. The number of esters is 5. The van der Waals surface area contributed by atoms with Crippen LogP contribution >= 0.6 is 0 Å². The average Bonchev–Trinajstić information content (AvgIpc) is 3.53. The van der Waals surface area contributed by atoms with Crippen LogP contribution < -0.4 is 0 Å². The number of carbonyl (C=O) groups excluding carboxylic acids is 5. The van der Waals surface area contributed by atoms with Gasteiger partial charge in [0, 0.05) is 50.7 Å². The Morgan fingerprint density at radius 1 is 0.913 bits per heavy atom. The number of ether oxygens (including phenoxy) is 6. The van der Waals surface area contributed by atoms with Crippen LogP contribution in [-0.2, 0) is 52.4 Å². The highest BCUT2D eigenvalue weighted by molar-refractivity contribution is 5.92. The Labute approximate surface area is 270 Å². The maximum Gasteiger partial charge on any atom is 0.334 e. The fourth-order valence-electron chi connectivity index (χ4n) is 7.79. The highest BCUT2D eigenvalue weighted by atomic mass is 16.6. The van der Waals surface area contributed by atoms with E-state index in [1.165, 1.54) is 20.8 Å². The largest absolute Gasteiger partial charge is 0.462 e. The zero-order valence-corrected chi connectivity index (χ0v) is 28.1. The summed E-state index contributed by atoms with van der Waals surface area (Å²) >= 11 is 0. The van der Waals surface area contributed by atoms with Gasteiger partial charge in [-0.15, -0.1) is 0 Å². The first-order chi connectivity index (χ1) is 21.6. The molecule has 4 aliphatic rings. The lowest BCUT2D eigenvalue weighted by Gasteiger charge is -2.54. The fourth-order valence-corrected chi connectivity index (χ4v) is 7.79. The Morgan fingerprint density at radius 3 is 2.15 bits per heavy atom. The summed E-state index contributed by atoms with van der Waals surface area (Å²) in [5, 5.41) is 12.2. The summed E-state index contributed by atoms with van der Waals surface area (Å²) in [6.45, 7) is 12.4. The molecule has 0 aromatic carbocycles. The summed E-state index contributed by atoms with van der Waals surface area (Å²) in [7, 11) is 0. The van der Waals surface area contributed by atoms with E-state index in [0.29, 0.717) is 17.6 Å². The first-order valence-corrected chi connectivity index (χ1v) is 16.2. The molecule has 2 aliphatic carbocycles. The van der Waals surface area contributed by atoms with Gasteiger partial charge in [0.2, 0.25) is 0 Å². The van der Waals surface area contributed by atoms with Crippen molar-refractivity contribution < 1.29 is 57.5 Å². The van der Waals surface area contributed by atoms with Gasteiger partial charge in [-0.05, 0) is 38.8 Å².